The molecule has 0 aliphatic carbocycles. The highest BCUT2D eigenvalue weighted by Crippen LogP contribution is 2.05. The van der Waals surface area contributed by atoms with Crippen molar-refractivity contribution < 1.29 is 24.7 Å². The van der Waals surface area contributed by atoms with Crippen molar-refractivity contribution >= 4 is 17.8 Å². The van der Waals surface area contributed by atoms with Crippen LogP contribution in [0.25, 0.3) is 0 Å². The molecule has 0 bridgehead atoms. The van der Waals surface area contributed by atoms with E-state index in [-0.39, 0.29) is 12.8 Å². The van der Waals surface area contributed by atoms with Crippen LogP contribution in [-0.2, 0) is 9.59 Å². The van der Waals surface area contributed by atoms with Gasteiger partial charge in [0.1, 0.15) is 6.04 Å². The lowest BCUT2D eigenvalue weighted by Crippen LogP contribution is -2.41. The molecule has 7 nitrogen and oxygen atoms in total. The van der Waals surface area contributed by atoms with Crippen LogP contribution in [0.4, 0.5) is 0 Å². The summed E-state index contributed by atoms with van der Waals surface area (Å²) in [5.74, 6) is -2.47. The third-order valence-electron chi connectivity index (χ3n) is 2.70. The first-order chi connectivity index (χ1) is 9.43. The van der Waals surface area contributed by atoms with Crippen molar-refractivity contribution in [2.45, 2.75) is 25.8 Å². The third kappa shape index (κ3) is 4.69. The SMILES string of the molecule is Cc1ccc(C(=O)NC(CCC(=O)NO)C(=O)O)cc1. The van der Waals surface area contributed by atoms with E-state index in [1.54, 1.807) is 24.3 Å². The van der Waals surface area contributed by atoms with Gasteiger partial charge in [-0.25, -0.2) is 10.3 Å². The second-order valence-corrected chi connectivity index (χ2v) is 4.30. The average molecular weight is 280 g/mol. The molecule has 4 N–H and O–H groups in total. The smallest absolute Gasteiger partial charge is 0.326 e. The molecule has 1 unspecified atom stereocenters. The first-order valence-electron chi connectivity index (χ1n) is 5.97. The van der Waals surface area contributed by atoms with Gasteiger partial charge in [0.25, 0.3) is 5.91 Å². The molecule has 1 aromatic rings. The fraction of sp³-hybridized carbons (Fsp3) is 0.308. The van der Waals surface area contributed by atoms with Crippen molar-refractivity contribution in [1.29, 1.82) is 0 Å². The van der Waals surface area contributed by atoms with Gasteiger partial charge in [0.2, 0.25) is 5.91 Å². The molecule has 1 aromatic carbocycles. The predicted molar refractivity (Wildman–Crippen MR) is 69.2 cm³/mol. The number of aryl methyl sites for hydroxylation is 1. The Morgan fingerprint density at radius 1 is 1.20 bits per heavy atom. The first kappa shape index (κ1) is 15.6. The number of carbonyl (C=O) groups excluding carboxylic acids is 2. The lowest BCUT2D eigenvalue weighted by molar-refractivity contribution is -0.139. The molecule has 7 heteroatoms. The van der Waals surface area contributed by atoms with E-state index in [0.29, 0.717) is 5.56 Å². The summed E-state index contributed by atoms with van der Waals surface area (Å²) >= 11 is 0. The molecule has 0 fully saturated rings. The highest BCUT2D eigenvalue weighted by Gasteiger charge is 2.21. The molecule has 0 spiro atoms. The second kappa shape index (κ2) is 7.25. The van der Waals surface area contributed by atoms with E-state index in [0.717, 1.165) is 5.56 Å². The largest absolute Gasteiger partial charge is 0.480 e. The molecular weight excluding hydrogens is 264 g/mol. The minimum atomic E-state index is -1.24. The average Bonchev–Trinajstić information content (AvgIpc) is 2.43. The van der Waals surface area contributed by atoms with Crippen LogP contribution in [0.3, 0.4) is 0 Å². The maximum absolute atomic E-state index is 11.9. The number of hydroxylamine groups is 1. The quantitative estimate of drug-likeness (QED) is 0.446. The number of carbonyl (C=O) groups is 3. The lowest BCUT2D eigenvalue weighted by atomic mass is 10.1. The monoisotopic (exact) mass is 280 g/mol. The number of carboxylic acids is 1. The molecule has 1 rings (SSSR count). The van der Waals surface area contributed by atoms with Gasteiger partial charge >= 0.3 is 5.97 Å². The Morgan fingerprint density at radius 3 is 2.30 bits per heavy atom. The number of aliphatic carboxylic acids is 1. The second-order valence-electron chi connectivity index (χ2n) is 4.30. The molecule has 0 aliphatic rings. The van der Waals surface area contributed by atoms with Gasteiger partial charge in [-0.2, -0.15) is 0 Å². The minimum Gasteiger partial charge on any atom is -0.480 e. The summed E-state index contributed by atoms with van der Waals surface area (Å²) in [5, 5.41) is 19.7. The van der Waals surface area contributed by atoms with Gasteiger partial charge in [0.05, 0.1) is 0 Å². The van der Waals surface area contributed by atoms with Crippen LogP contribution in [0.15, 0.2) is 24.3 Å². The predicted octanol–water partition coefficient (Wildman–Crippen LogP) is 0.464. The molecule has 0 saturated heterocycles. The Balaban J connectivity index is 2.65. The summed E-state index contributed by atoms with van der Waals surface area (Å²) in [6, 6.07) is 5.46. The number of rotatable bonds is 6. The molecule has 0 saturated carbocycles. The molecule has 0 radical (unpaired) electrons. The Hall–Kier alpha value is -2.41. The summed E-state index contributed by atoms with van der Waals surface area (Å²) in [6.07, 6.45) is -0.318. The van der Waals surface area contributed by atoms with E-state index in [2.05, 4.69) is 5.32 Å². The molecule has 108 valence electrons. The number of benzene rings is 1. The zero-order valence-corrected chi connectivity index (χ0v) is 10.9. The molecule has 0 heterocycles. The summed E-state index contributed by atoms with van der Waals surface area (Å²) in [5.41, 5.74) is 2.73. The Labute approximate surface area is 115 Å². The molecule has 2 amide bonds. The summed E-state index contributed by atoms with van der Waals surface area (Å²) in [4.78, 5) is 33.7. The fourth-order valence-electron chi connectivity index (χ4n) is 1.54. The van der Waals surface area contributed by atoms with Crippen LogP contribution < -0.4 is 10.8 Å². The van der Waals surface area contributed by atoms with E-state index >= 15 is 0 Å². The highest BCUT2D eigenvalue weighted by molar-refractivity contribution is 5.96. The fourth-order valence-corrected chi connectivity index (χ4v) is 1.54. The van der Waals surface area contributed by atoms with Gasteiger partial charge < -0.3 is 10.4 Å². The number of hydrogen-bond acceptors (Lipinski definition) is 4. The number of amides is 2. The van der Waals surface area contributed by atoms with Gasteiger partial charge in [0, 0.05) is 12.0 Å². The molecular formula is C13H16N2O5. The van der Waals surface area contributed by atoms with Gasteiger partial charge in [-0.05, 0) is 25.5 Å². The normalized spacial score (nSPS) is 11.5. The van der Waals surface area contributed by atoms with Crippen molar-refractivity contribution in [2.75, 3.05) is 0 Å². The van der Waals surface area contributed by atoms with E-state index in [1.807, 2.05) is 6.92 Å². The summed E-state index contributed by atoms with van der Waals surface area (Å²) < 4.78 is 0. The van der Waals surface area contributed by atoms with Crippen molar-refractivity contribution in [3.05, 3.63) is 35.4 Å². The number of carboxylic acid groups (broad SMARTS) is 1. The Bertz CT molecular complexity index is 498. The summed E-state index contributed by atoms with van der Waals surface area (Å²) in [7, 11) is 0. The zero-order valence-electron chi connectivity index (χ0n) is 10.9. The van der Waals surface area contributed by atoms with Crippen LogP contribution in [-0.4, -0.2) is 34.1 Å². The van der Waals surface area contributed by atoms with Crippen LogP contribution in [0.5, 0.6) is 0 Å². The zero-order chi connectivity index (χ0) is 15.1. The van der Waals surface area contributed by atoms with Crippen LogP contribution in [0.1, 0.15) is 28.8 Å². The number of nitrogens with one attached hydrogen (secondary N) is 2. The van der Waals surface area contributed by atoms with E-state index < -0.39 is 23.8 Å². The first-order valence-corrected chi connectivity index (χ1v) is 5.97. The molecule has 0 aliphatic heterocycles. The van der Waals surface area contributed by atoms with Crippen LogP contribution >= 0.6 is 0 Å². The topological polar surface area (TPSA) is 116 Å². The minimum absolute atomic E-state index is 0.112. The molecule has 1 atom stereocenters. The lowest BCUT2D eigenvalue weighted by Gasteiger charge is -2.14. The van der Waals surface area contributed by atoms with E-state index in [4.69, 9.17) is 10.3 Å². The summed E-state index contributed by atoms with van der Waals surface area (Å²) in [6.45, 7) is 1.87. The van der Waals surface area contributed by atoms with Gasteiger partial charge in [-0.3, -0.25) is 14.8 Å². The molecule has 0 aromatic heterocycles. The van der Waals surface area contributed by atoms with Gasteiger partial charge in [0.15, 0.2) is 0 Å². The highest BCUT2D eigenvalue weighted by atomic mass is 16.5. The van der Waals surface area contributed by atoms with E-state index in [1.165, 1.54) is 5.48 Å². The van der Waals surface area contributed by atoms with Crippen molar-refractivity contribution in [3.63, 3.8) is 0 Å². The maximum atomic E-state index is 11.9. The van der Waals surface area contributed by atoms with Crippen molar-refractivity contribution in [1.82, 2.24) is 10.8 Å². The van der Waals surface area contributed by atoms with Crippen LogP contribution in [0.2, 0.25) is 0 Å². The van der Waals surface area contributed by atoms with Gasteiger partial charge in [-0.15, -0.1) is 0 Å². The number of hydrogen-bond donors (Lipinski definition) is 4. The van der Waals surface area contributed by atoms with Crippen LogP contribution in [0, 0.1) is 6.92 Å². The van der Waals surface area contributed by atoms with Gasteiger partial charge in [-0.1, -0.05) is 17.7 Å². The Morgan fingerprint density at radius 2 is 1.80 bits per heavy atom. The van der Waals surface area contributed by atoms with Crippen molar-refractivity contribution in [2.24, 2.45) is 0 Å². The molecule has 20 heavy (non-hydrogen) atoms. The van der Waals surface area contributed by atoms with E-state index in [9.17, 15) is 14.4 Å². The maximum Gasteiger partial charge on any atom is 0.326 e. The third-order valence-corrected chi connectivity index (χ3v) is 2.70. The standard InChI is InChI=1S/C13H16N2O5/c1-8-2-4-9(5-3-8)12(17)14-10(13(18)19)6-7-11(16)15-20/h2-5,10,20H,6-7H2,1H3,(H,14,17)(H,15,16)(H,18,19). The Kier molecular flexibility index (Phi) is 5.67. The van der Waals surface area contributed by atoms with Crippen molar-refractivity contribution in [3.8, 4) is 0 Å².